The molecule has 3 rings (SSSR count). The molecule has 6 nitrogen and oxygen atoms in total. The minimum Gasteiger partial charge on any atom is -0.396 e. The van der Waals surface area contributed by atoms with Gasteiger partial charge in [0.05, 0.1) is 12.1 Å². The van der Waals surface area contributed by atoms with Crippen molar-refractivity contribution in [1.82, 2.24) is 14.8 Å². The number of aliphatic hydroxyl groups excluding tert-OH is 2. The van der Waals surface area contributed by atoms with E-state index in [-0.39, 0.29) is 36.8 Å². The molecule has 0 aliphatic carbocycles. The van der Waals surface area contributed by atoms with Crippen LogP contribution < -0.4 is 0 Å². The van der Waals surface area contributed by atoms with Gasteiger partial charge in [-0.05, 0) is 31.0 Å². The van der Waals surface area contributed by atoms with Crippen LogP contribution in [0.3, 0.4) is 0 Å². The molecule has 2 atom stereocenters. The Hall–Kier alpha value is -1.96. The zero-order valence-electron chi connectivity index (χ0n) is 15.9. The molecular weight excluding hydrogens is 349 g/mol. The Labute approximate surface area is 158 Å². The number of fused-ring (bicyclic) bond motifs is 1. The first-order valence-electron chi connectivity index (χ1n) is 9.50. The number of para-hydroxylation sites is 1. The van der Waals surface area contributed by atoms with Gasteiger partial charge in [-0.15, -0.1) is 0 Å². The SMILES string of the molecule is CCN(CCO)C[C@@H]1CN(C(=O)c2[nH]c3c(F)cccc3c2C)C[C@@H]1CO. The topological polar surface area (TPSA) is 79.8 Å². The van der Waals surface area contributed by atoms with Crippen molar-refractivity contribution < 1.29 is 19.4 Å². The van der Waals surface area contributed by atoms with E-state index in [1.807, 2.05) is 13.8 Å². The molecule has 1 aromatic carbocycles. The summed E-state index contributed by atoms with van der Waals surface area (Å²) in [6, 6.07) is 4.82. The zero-order valence-corrected chi connectivity index (χ0v) is 15.9. The Morgan fingerprint density at radius 1 is 1.33 bits per heavy atom. The minimum atomic E-state index is -0.371. The normalized spacial score (nSPS) is 20.1. The molecule has 1 fully saturated rings. The third kappa shape index (κ3) is 3.85. The molecule has 0 unspecified atom stereocenters. The summed E-state index contributed by atoms with van der Waals surface area (Å²) in [6.07, 6.45) is 0. The molecule has 148 valence electrons. The van der Waals surface area contributed by atoms with E-state index in [1.165, 1.54) is 6.07 Å². The lowest BCUT2D eigenvalue weighted by molar-refractivity contribution is 0.0773. The van der Waals surface area contributed by atoms with Crippen molar-refractivity contribution in [3.8, 4) is 0 Å². The van der Waals surface area contributed by atoms with Crippen LogP contribution >= 0.6 is 0 Å². The molecule has 2 aromatic rings. The number of halogens is 1. The van der Waals surface area contributed by atoms with E-state index >= 15 is 0 Å². The standard InChI is InChI=1S/C20H28FN3O3/c1-3-23(7-8-25)9-14-10-24(11-15(14)12-26)20(27)18-13(2)16-5-4-6-17(21)19(16)22-18/h4-6,14-15,22,25-26H,3,7-12H2,1-2H3/t14-,15-/m1/s1. The van der Waals surface area contributed by atoms with Crippen LogP contribution in [0.2, 0.25) is 0 Å². The van der Waals surface area contributed by atoms with Crippen molar-refractivity contribution >= 4 is 16.8 Å². The van der Waals surface area contributed by atoms with Crippen molar-refractivity contribution in [2.45, 2.75) is 13.8 Å². The number of H-pyrrole nitrogens is 1. The van der Waals surface area contributed by atoms with Crippen LogP contribution in [-0.4, -0.2) is 76.8 Å². The number of likely N-dealkylation sites (N-methyl/N-ethyl adjacent to an activating group) is 1. The third-order valence-electron chi connectivity index (χ3n) is 5.71. The van der Waals surface area contributed by atoms with Gasteiger partial charge in [0, 0.05) is 44.1 Å². The molecule has 1 saturated heterocycles. The molecule has 1 aliphatic rings. The minimum absolute atomic E-state index is 0.00288. The summed E-state index contributed by atoms with van der Waals surface area (Å²) in [5.74, 6) is -0.381. The van der Waals surface area contributed by atoms with Gasteiger partial charge in [0.15, 0.2) is 0 Å². The summed E-state index contributed by atoms with van der Waals surface area (Å²) in [7, 11) is 0. The number of aryl methyl sites for hydroxylation is 1. The number of aliphatic hydroxyl groups is 2. The highest BCUT2D eigenvalue weighted by molar-refractivity contribution is 6.01. The number of hydrogen-bond donors (Lipinski definition) is 3. The molecule has 0 spiro atoms. The fourth-order valence-electron chi connectivity index (χ4n) is 4.06. The predicted octanol–water partition coefficient (Wildman–Crippen LogP) is 1.61. The maximum Gasteiger partial charge on any atom is 0.270 e. The highest BCUT2D eigenvalue weighted by Crippen LogP contribution is 2.29. The van der Waals surface area contributed by atoms with Gasteiger partial charge in [-0.25, -0.2) is 4.39 Å². The quantitative estimate of drug-likeness (QED) is 0.685. The molecule has 1 aliphatic heterocycles. The van der Waals surface area contributed by atoms with Gasteiger partial charge in [-0.2, -0.15) is 0 Å². The Kier molecular flexibility index (Phi) is 6.14. The Bertz CT molecular complexity index is 807. The molecular formula is C20H28FN3O3. The van der Waals surface area contributed by atoms with E-state index < -0.39 is 0 Å². The van der Waals surface area contributed by atoms with Gasteiger partial charge in [-0.3, -0.25) is 4.79 Å². The van der Waals surface area contributed by atoms with E-state index in [4.69, 9.17) is 0 Å². The van der Waals surface area contributed by atoms with Crippen LogP contribution in [0.4, 0.5) is 4.39 Å². The van der Waals surface area contributed by atoms with Crippen LogP contribution in [0.5, 0.6) is 0 Å². The van der Waals surface area contributed by atoms with Crippen LogP contribution in [0, 0.1) is 24.6 Å². The van der Waals surface area contributed by atoms with E-state index in [1.54, 1.807) is 17.0 Å². The van der Waals surface area contributed by atoms with Gasteiger partial charge in [0.1, 0.15) is 11.5 Å². The smallest absolute Gasteiger partial charge is 0.270 e. The maximum atomic E-state index is 14.0. The van der Waals surface area contributed by atoms with Crippen molar-refractivity contribution in [2.75, 3.05) is 45.9 Å². The monoisotopic (exact) mass is 377 g/mol. The second-order valence-electron chi connectivity index (χ2n) is 7.32. The largest absolute Gasteiger partial charge is 0.396 e. The van der Waals surface area contributed by atoms with E-state index in [0.29, 0.717) is 36.2 Å². The fraction of sp³-hybridized carbons (Fsp3) is 0.550. The molecule has 3 N–H and O–H groups in total. The number of carbonyl (C=O) groups excluding carboxylic acids is 1. The summed E-state index contributed by atoms with van der Waals surface area (Å²) >= 11 is 0. The lowest BCUT2D eigenvalue weighted by Crippen LogP contribution is -2.36. The molecule has 1 amide bonds. The summed E-state index contributed by atoms with van der Waals surface area (Å²) in [4.78, 5) is 19.9. The number of benzene rings is 1. The maximum absolute atomic E-state index is 14.0. The highest BCUT2D eigenvalue weighted by atomic mass is 19.1. The van der Waals surface area contributed by atoms with Crippen LogP contribution in [-0.2, 0) is 0 Å². The van der Waals surface area contributed by atoms with Crippen LogP contribution in [0.15, 0.2) is 18.2 Å². The number of nitrogens with one attached hydrogen (secondary N) is 1. The summed E-state index contributed by atoms with van der Waals surface area (Å²) in [5.41, 5.74) is 1.51. The van der Waals surface area contributed by atoms with Gasteiger partial charge >= 0.3 is 0 Å². The van der Waals surface area contributed by atoms with E-state index in [9.17, 15) is 19.4 Å². The Morgan fingerprint density at radius 3 is 2.70 bits per heavy atom. The Morgan fingerprint density at radius 2 is 2.07 bits per heavy atom. The van der Waals surface area contributed by atoms with Crippen LogP contribution in [0.1, 0.15) is 23.0 Å². The molecule has 7 heteroatoms. The van der Waals surface area contributed by atoms with Gasteiger partial charge < -0.3 is 25.0 Å². The first-order valence-corrected chi connectivity index (χ1v) is 9.50. The molecule has 0 bridgehead atoms. The summed E-state index contributed by atoms with van der Waals surface area (Å²) in [6.45, 7) is 7.11. The number of amides is 1. The number of aromatic nitrogens is 1. The molecule has 0 saturated carbocycles. The van der Waals surface area contributed by atoms with Crippen molar-refractivity contribution in [1.29, 1.82) is 0 Å². The fourth-order valence-corrected chi connectivity index (χ4v) is 4.06. The van der Waals surface area contributed by atoms with Crippen molar-refractivity contribution in [2.24, 2.45) is 11.8 Å². The zero-order chi connectivity index (χ0) is 19.6. The lowest BCUT2D eigenvalue weighted by Gasteiger charge is -2.25. The van der Waals surface area contributed by atoms with Crippen LogP contribution in [0.25, 0.3) is 10.9 Å². The number of carbonyl (C=O) groups is 1. The average molecular weight is 377 g/mol. The number of likely N-dealkylation sites (tertiary alicyclic amines) is 1. The van der Waals surface area contributed by atoms with E-state index in [2.05, 4.69) is 9.88 Å². The molecule has 1 aromatic heterocycles. The summed E-state index contributed by atoms with van der Waals surface area (Å²) in [5, 5.41) is 19.7. The Balaban J connectivity index is 1.79. The number of nitrogens with zero attached hydrogens (tertiary/aromatic N) is 2. The number of aromatic amines is 1. The summed E-state index contributed by atoms with van der Waals surface area (Å²) < 4.78 is 14.0. The second kappa shape index (κ2) is 8.37. The number of rotatable bonds is 7. The second-order valence-corrected chi connectivity index (χ2v) is 7.32. The molecule has 2 heterocycles. The molecule has 27 heavy (non-hydrogen) atoms. The number of hydrogen-bond acceptors (Lipinski definition) is 4. The van der Waals surface area contributed by atoms with Gasteiger partial charge in [-0.1, -0.05) is 19.1 Å². The predicted molar refractivity (Wildman–Crippen MR) is 102 cm³/mol. The lowest BCUT2D eigenvalue weighted by atomic mass is 9.96. The average Bonchev–Trinajstić information content (AvgIpc) is 3.23. The van der Waals surface area contributed by atoms with Gasteiger partial charge in [0.25, 0.3) is 5.91 Å². The third-order valence-corrected chi connectivity index (χ3v) is 5.71. The van der Waals surface area contributed by atoms with E-state index in [0.717, 1.165) is 18.7 Å². The first kappa shape index (κ1) is 19.8. The molecule has 0 radical (unpaired) electrons. The first-order chi connectivity index (χ1) is 13.0. The van der Waals surface area contributed by atoms with Crippen molar-refractivity contribution in [3.63, 3.8) is 0 Å². The van der Waals surface area contributed by atoms with Gasteiger partial charge in [0.2, 0.25) is 0 Å². The van der Waals surface area contributed by atoms with Crippen molar-refractivity contribution in [3.05, 3.63) is 35.3 Å². The highest BCUT2D eigenvalue weighted by Gasteiger charge is 2.36.